The van der Waals surface area contributed by atoms with Crippen LogP contribution < -0.4 is 5.32 Å². The molecule has 16 heavy (non-hydrogen) atoms. The Morgan fingerprint density at radius 2 is 2.38 bits per heavy atom. The molecule has 3 heterocycles. The predicted octanol–water partition coefficient (Wildman–Crippen LogP) is -1.79. The molecule has 3 fully saturated rings. The molecule has 8 heteroatoms. The highest BCUT2D eigenvalue weighted by Gasteiger charge is 2.63. The Balaban J connectivity index is 1.99. The van der Waals surface area contributed by atoms with Crippen molar-refractivity contribution >= 4 is 5.91 Å². The molecule has 0 aliphatic carbocycles. The van der Waals surface area contributed by atoms with Crippen molar-refractivity contribution in [2.24, 2.45) is 5.92 Å². The highest BCUT2D eigenvalue weighted by atomic mass is 16.7. The maximum Gasteiger partial charge on any atom is 0.297 e. The third-order valence-corrected chi connectivity index (χ3v) is 3.37. The summed E-state index contributed by atoms with van der Waals surface area (Å²) in [7, 11) is 0. The molecular formula is C8H10N2O6. The van der Waals surface area contributed by atoms with E-state index in [0.29, 0.717) is 0 Å². The molecule has 8 nitrogen and oxygen atoms in total. The lowest BCUT2D eigenvalue weighted by Crippen LogP contribution is -2.70. The molecule has 0 spiro atoms. The number of carbonyl (C=O) groups excluding carboxylic acids is 1. The first-order valence-electron chi connectivity index (χ1n) is 4.96. The molecule has 0 radical (unpaired) electrons. The van der Waals surface area contributed by atoms with Gasteiger partial charge in [0.05, 0.1) is 18.6 Å². The molecular weight excluding hydrogens is 220 g/mol. The number of hydrogen-bond acceptors (Lipinski definition) is 6. The predicted molar refractivity (Wildman–Crippen MR) is 46.6 cm³/mol. The van der Waals surface area contributed by atoms with E-state index in [-0.39, 0.29) is 13.0 Å². The van der Waals surface area contributed by atoms with Gasteiger partial charge in [-0.2, -0.15) is 0 Å². The number of nitro groups is 1. The third-order valence-electron chi connectivity index (χ3n) is 3.37. The van der Waals surface area contributed by atoms with Gasteiger partial charge in [0, 0.05) is 11.3 Å². The minimum Gasteiger partial charge on any atom is -0.366 e. The van der Waals surface area contributed by atoms with E-state index in [1.54, 1.807) is 0 Å². The standard InChI is InChI=1S/C8H10N2O6/c11-6-5(10(13)14)3-1-8(12,9-6)7-15-2-4(3)16-7/h3-5,7,12H,1-2H2,(H,9,11)/t3-,4+,5-,7+,8-/m1/s1. The molecule has 0 saturated carbocycles. The quantitative estimate of drug-likeness (QED) is 0.406. The second-order valence-corrected chi connectivity index (χ2v) is 4.35. The Morgan fingerprint density at radius 3 is 3.06 bits per heavy atom. The number of hydrogen-bond donors (Lipinski definition) is 2. The maximum atomic E-state index is 11.5. The molecule has 5 atom stereocenters. The van der Waals surface area contributed by atoms with Gasteiger partial charge in [-0.3, -0.25) is 14.9 Å². The van der Waals surface area contributed by atoms with Gasteiger partial charge in [-0.25, -0.2) is 0 Å². The van der Waals surface area contributed by atoms with E-state index in [1.807, 2.05) is 0 Å². The molecule has 1 amide bonds. The van der Waals surface area contributed by atoms with Crippen LogP contribution in [0.2, 0.25) is 0 Å². The van der Waals surface area contributed by atoms with Crippen LogP contribution in [0.15, 0.2) is 0 Å². The topological polar surface area (TPSA) is 111 Å². The van der Waals surface area contributed by atoms with Gasteiger partial charge < -0.3 is 19.9 Å². The van der Waals surface area contributed by atoms with Gasteiger partial charge in [0.25, 0.3) is 11.9 Å². The summed E-state index contributed by atoms with van der Waals surface area (Å²) in [6.07, 6.45) is -1.29. The van der Waals surface area contributed by atoms with E-state index >= 15 is 0 Å². The average Bonchev–Trinajstić information content (AvgIpc) is 2.60. The molecule has 2 N–H and O–H groups in total. The molecule has 0 aromatic heterocycles. The van der Waals surface area contributed by atoms with Crippen molar-refractivity contribution in [3.05, 3.63) is 10.1 Å². The number of nitrogens with zero attached hydrogens (tertiary/aromatic N) is 1. The fraction of sp³-hybridized carbons (Fsp3) is 0.875. The number of rotatable bonds is 1. The minimum atomic E-state index is -1.62. The Morgan fingerprint density at radius 1 is 1.62 bits per heavy atom. The lowest BCUT2D eigenvalue weighted by Gasteiger charge is -2.44. The van der Waals surface area contributed by atoms with E-state index in [2.05, 4.69) is 5.32 Å². The van der Waals surface area contributed by atoms with E-state index in [1.165, 1.54) is 0 Å². The van der Waals surface area contributed by atoms with Gasteiger partial charge in [0.2, 0.25) is 6.29 Å². The fourth-order valence-corrected chi connectivity index (χ4v) is 2.64. The summed E-state index contributed by atoms with van der Waals surface area (Å²) in [4.78, 5) is 21.7. The van der Waals surface area contributed by atoms with Gasteiger partial charge in [-0.1, -0.05) is 0 Å². The van der Waals surface area contributed by atoms with Crippen LogP contribution in [-0.4, -0.2) is 46.7 Å². The van der Waals surface area contributed by atoms with Crippen molar-refractivity contribution in [1.29, 1.82) is 0 Å². The number of fused-ring (bicyclic) bond motifs is 6. The molecule has 0 aromatic rings. The summed E-state index contributed by atoms with van der Waals surface area (Å²) < 4.78 is 10.5. The summed E-state index contributed by atoms with van der Waals surface area (Å²) in [6, 6.07) is -1.37. The molecule has 0 aromatic carbocycles. The number of carbonyl (C=O) groups is 1. The van der Waals surface area contributed by atoms with Gasteiger partial charge in [0.15, 0.2) is 5.72 Å². The lowest BCUT2D eigenvalue weighted by molar-refractivity contribution is -0.526. The Bertz CT molecular complexity index is 374. The average molecular weight is 230 g/mol. The lowest BCUT2D eigenvalue weighted by atomic mass is 9.80. The van der Waals surface area contributed by atoms with Crippen molar-refractivity contribution in [2.45, 2.75) is 30.6 Å². The molecule has 3 aliphatic heterocycles. The van der Waals surface area contributed by atoms with Crippen molar-refractivity contribution < 1.29 is 24.3 Å². The fourth-order valence-electron chi connectivity index (χ4n) is 2.64. The number of amides is 1. The van der Waals surface area contributed by atoms with Gasteiger partial charge in [-0.05, 0) is 0 Å². The van der Waals surface area contributed by atoms with E-state index in [0.717, 1.165) is 0 Å². The van der Waals surface area contributed by atoms with Crippen LogP contribution in [0, 0.1) is 16.0 Å². The van der Waals surface area contributed by atoms with Crippen LogP contribution in [-0.2, 0) is 14.3 Å². The summed E-state index contributed by atoms with van der Waals surface area (Å²) in [5.74, 6) is -1.40. The summed E-state index contributed by atoms with van der Waals surface area (Å²) in [5.41, 5.74) is -1.62. The van der Waals surface area contributed by atoms with E-state index < -0.39 is 40.9 Å². The van der Waals surface area contributed by atoms with Gasteiger partial charge >= 0.3 is 0 Å². The van der Waals surface area contributed by atoms with Crippen LogP contribution >= 0.6 is 0 Å². The summed E-state index contributed by atoms with van der Waals surface area (Å²) in [6.45, 7) is 0.178. The molecule has 3 rings (SSSR count). The van der Waals surface area contributed by atoms with Crippen molar-refractivity contribution in [3.63, 3.8) is 0 Å². The normalized spacial score (nSPS) is 49.9. The zero-order valence-electron chi connectivity index (χ0n) is 8.16. The first kappa shape index (κ1) is 9.94. The molecule has 3 saturated heterocycles. The second kappa shape index (κ2) is 2.90. The van der Waals surface area contributed by atoms with Crippen molar-refractivity contribution in [3.8, 4) is 0 Å². The Hall–Kier alpha value is -1.25. The number of ether oxygens (including phenoxy) is 2. The van der Waals surface area contributed by atoms with E-state index in [4.69, 9.17) is 9.47 Å². The van der Waals surface area contributed by atoms with Crippen LogP contribution in [0.25, 0.3) is 0 Å². The van der Waals surface area contributed by atoms with E-state index in [9.17, 15) is 20.0 Å². The van der Waals surface area contributed by atoms with Crippen LogP contribution in [0.5, 0.6) is 0 Å². The Labute approximate surface area is 89.7 Å². The molecule has 4 bridgehead atoms. The monoisotopic (exact) mass is 230 g/mol. The van der Waals surface area contributed by atoms with Crippen LogP contribution in [0.3, 0.4) is 0 Å². The van der Waals surface area contributed by atoms with Crippen molar-refractivity contribution in [2.75, 3.05) is 6.61 Å². The highest BCUT2D eigenvalue weighted by molar-refractivity contribution is 5.82. The zero-order chi connectivity index (χ0) is 11.5. The van der Waals surface area contributed by atoms with Gasteiger partial charge in [0.1, 0.15) is 0 Å². The third kappa shape index (κ3) is 1.11. The smallest absolute Gasteiger partial charge is 0.297 e. The maximum absolute atomic E-state index is 11.5. The van der Waals surface area contributed by atoms with Gasteiger partial charge in [-0.15, -0.1) is 0 Å². The first-order valence-corrected chi connectivity index (χ1v) is 4.96. The number of nitrogens with one attached hydrogen (secondary N) is 1. The summed E-state index contributed by atoms with van der Waals surface area (Å²) >= 11 is 0. The molecule has 3 aliphatic rings. The highest BCUT2D eigenvalue weighted by Crippen LogP contribution is 2.42. The zero-order valence-corrected chi connectivity index (χ0v) is 8.16. The van der Waals surface area contributed by atoms with Crippen molar-refractivity contribution in [1.82, 2.24) is 5.32 Å². The van der Waals surface area contributed by atoms with Crippen LogP contribution in [0.1, 0.15) is 6.42 Å². The Kier molecular flexibility index (Phi) is 1.80. The first-order chi connectivity index (χ1) is 7.51. The number of aliphatic hydroxyl groups is 1. The second-order valence-electron chi connectivity index (χ2n) is 4.35. The number of piperidine rings is 1. The SMILES string of the molecule is O=C1N[C@@]2(O)C[C@H]([C@@H]3CO[C@H]2O3)[C@H]1[N+](=O)[O-]. The molecule has 0 unspecified atom stereocenters. The minimum absolute atomic E-state index is 0.0969. The largest absolute Gasteiger partial charge is 0.366 e. The molecule has 88 valence electrons. The van der Waals surface area contributed by atoms with Crippen LogP contribution in [0.4, 0.5) is 0 Å². The summed E-state index contributed by atoms with van der Waals surface area (Å²) in [5, 5.41) is 23.1.